The number of nitrogens with zero attached hydrogens (tertiary/aromatic N) is 3. The second-order valence-electron chi connectivity index (χ2n) is 13.3. The molecule has 2 bridgehead atoms. The maximum absolute atomic E-state index is 14.9. The fraction of sp³-hybridized carbons (Fsp3) is 0.486. The van der Waals surface area contributed by atoms with Gasteiger partial charge >= 0.3 is 0 Å². The van der Waals surface area contributed by atoms with Crippen LogP contribution in [-0.2, 0) is 19.1 Å². The summed E-state index contributed by atoms with van der Waals surface area (Å²) in [5.74, 6) is -1.93. The summed E-state index contributed by atoms with van der Waals surface area (Å²) in [6, 6.07) is 12.5. The highest BCUT2D eigenvalue weighted by Gasteiger charge is 2.79. The fourth-order valence-corrected chi connectivity index (χ4v) is 8.09. The van der Waals surface area contributed by atoms with E-state index < -0.39 is 35.1 Å². The topological polar surface area (TPSA) is 99.6 Å². The molecule has 2 unspecified atom stereocenters. The van der Waals surface area contributed by atoms with Gasteiger partial charge in [0.1, 0.15) is 17.4 Å². The number of anilines is 2. The van der Waals surface area contributed by atoms with Crippen LogP contribution >= 0.6 is 11.6 Å². The van der Waals surface area contributed by atoms with Gasteiger partial charge in [0.15, 0.2) is 0 Å². The van der Waals surface area contributed by atoms with Crippen LogP contribution in [0.1, 0.15) is 47.0 Å². The van der Waals surface area contributed by atoms with Crippen molar-refractivity contribution in [2.24, 2.45) is 17.8 Å². The first-order chi connectivity index (χ1) is 22.5. The van der Waals surface area contributed by atoms with Crippen molar-refractivity contribution in [1.29, 1.82) is 0 Å². The largest absolute Gasteiger partial charge is 0.494 e. The molecule has 9 nitrogen and oxygen atoms in total. The number of amides is 3. The number of rotatable bonds is 14. The fourth-order valence-electron chi connectivity index (χ4n) is 7.96. The van der Waals surface area contributed by atoms with E-state index in [9.17, 15) is 19.5 Å². The molecular weight excluding hydrogens is 618 g/mol. The van der Waals surface area contributed by atoms with Crippen molar-refractivity contribution >= 4 is 40.7 Å². The van der Waals surface area contributed by atoms with Gasteiger partial charge in [-0.2, -0.15) is 0 Å². The Hall–Kier alpha value is -3.66. The molecule has 3 amide bonds. The van der Waals surface area contributed by atoms with Crippen LogP contribution in [0.5, 0.6) is 5.75 Å². The van der Waals surface area contributed by atoms with Crippen LogP contribution in [0.4, 0.5) is 11.4 Å². The molecule has 252 valence electrons. The van der Waals surface area contributed by atoms with E-state index in [4.69, 9.17) is 21.1 Å². The van der Waals surface area contributed by atoms with Crippen molar-refractivity contribution in [3.8, 4) is 5.75 Å². The normalized spacial score (nSPS) is 26.7. The number of ether oxygens (including phenoxy) is 2. The van der Waals surface area contributed by atoms with Gasteiger partial charge in [0.25, 0.3) is 5.91 Å². The number of fused-ring (bicyclic) bond motifs is 1. The number of aliphatic hydroxyl groups is 1. The zero-order valence-corrected chi connectivity index (χ0v) is 28.5. The van der Waals surface area contributed by atoms with Gasteiger partial charge in [0, 0.05) is 29.5 Å². The third-order valence-corrected chi connectivity index (χ3v) is 10.1. The highest BCUT2D eigenvalue weighted by Crippen LogP contribution is 2.64. The zero-order valence-electron chi connectivity index (χ0n) is 27.7. The lowest BCUT2D eigenvalue weighted by molar-refractivity contribution is -0.148. The van der Waals surface area contributed by atoms with Crippen molar-refractivity contribution in [2.75, 3.05) is 36.1 Å². The first-order valence-corrected chi connectivity index (χ1v) is 16.8. The van der Waals surface area contributed by atoms with E-state index in [1.54, 1.807) is 51.1 Å². The summed E-state index contributed by atoms with van der Waals surface area (Å²) in [7, 11) is 0. The van der Waals surface area contributed by atoms with Crippen molar-refractivity contribution in [2.45, 2.75) is 70.2 Å². The van der Waals surface area contributed by atoms with Gasteiger partial charge in [-0.05, 0) is 87.6 Å². The third-order valence-electron chi connectivity index (χ3n) is 9.82. The number of halogens is 1. The predicted molar refractivity (Wildman–Crippen MR) is 184 cm³/mol. The Balaban J connectivity index is 1.61. The molecule has 0 aliphatic carbocycles. The molecule has 5 rings (SSSR count). The molecule has 10 heteroatoms. The van der Waals surface area contributed by atoms with E-state index in [0.717, 1.165) is 0 Å². The zero-order chi connectivity index (χ0) is 34.1. The van der Waals surface area contributed by atoms with E-state index in [1.807, 2.05) is 52.0 Å². The highest BCUT2D eigenvalue weighted by molar-refractivity contribution is 6.30. The SMILES string of the molecule is C=CCN(C(=O)C1N([C@@H](CO)CC(C)C)C(=O)[C@@H]2[C@H](C(=O)N(CC=C)c3ccc(OCC)cc3)[C@]3(C)CCC12O3)c1ccc(Cl)cc1. The van der Waals surface area contributed by atoms with Crippen molar-refractivity contribution in [3.63, 3.8) is 0 Å². The molecule has 0 radical (unpaired) electrons. The van der Waals surface area contributed by atoms with Crippen LogP contribution in [-0.4, -0.2) is 77.3 Å². The quantitative estimate of drug-likeness (QED) is 0.263. The summed E-state index contributed by atoms with van der Waals surface area (Å²) in [6.45, 7) is 16.2. The molecular formula is C37H46ClN3O6. The summed E-state index contributed by atoms with van der Waals surface area (Å²) in [4.78, 5) is 49.2. The van der Waals surface area contributed by atoms with E-state index >= 15 is 0 Å². The average Bonchev–Trinajstić information content (AvgIpc) is 3.62. The minimum Gasteiger partial charge on any atom is -0.494 e. The number of hydrogen-bond donors (Lipinski definition) is 1. The first kappa shape index (κ1) is 34.7. The molecule has 3 aliphatic heterocycles. The molecule has 0 saturated carbocycles. The van der Waals surface area contributed by atoms with Gasteiger partial charge in [-0.25, -0.2) is 0 Å². The Bertz CT molecular complexity index is 1500. The van der Waals surface area contributed by atoms with Gasteiger partial charge < -0.3 is 29.3 Å². The summed E-state index contributed by atoms with van der Waals surface area (Å²) >= 11 is 6.18. The van der Waals surface area contributed by atoms with E-state index in [1.165, 1.54) is 0 Å². The molecule has 0 aromatic heterocycles. The van der Waals surface area contributed by atoms with Crippen LogP contribution in [0.15, 0.2) is 73.8 Å². The maximum Gasteiger partial charge on any atom is 0.253 e. The van der Waals surface area contributed by atoms with Crippen molar-refractivity contribution < 1.29 is 29.0 Å². The lowest BCUT2D eigenvalue weighted by atomic mass is 9.66. The molecule has 1 N–H and O–H groups in total. The number of carbonyl (C=O) groups excluding carboxylic acids is 3. The van der Waals surface area contributed by atoms with Crippen molar-refractivity contribution in [3.05, 3.63) is 78.9 Å². The lowest BCUT2D eigenvalue weighted by Gasteiger charge is -2.40. The van der Waals surface area contributed by atoms with Gasteiger partial charge in [0.05, 0.1) is 36.7 Å². The van der Waals surface area contributed by atoms with Crippen LogP contribution in [0.3, 0.4) is 0 Å². The van der Waals surface area contributed by atoms with E-state index in [0.29, 0.717) is 48.0 Å². The van der Waals surface area contributed by atoms with Crippen LogP contribution in [0, 0.1) is 17.8 Å². The highest BCUT2D eigenvalue weighted by atomic mass is 35.5. The number of aliphatic hydroxyl groups excluding tert-OH is 1. The van der Waals surface area contributed by atoms with Crippen LogP contribution in [0.25, 0.3) is 0 Å². The minimum atomic E-state index is -1.27. The average molecular weight is 664 g/mol. The van der Waals surface area contributed by atoms with Gasteiger partial charge in [-0.15, -0.1) is 13.2 Å². The van der Waals surface area contributed by atoms with E-state index in [-0.39, 0.29) is 43.3 Å². The standard InChI is InChI=1S/C37H46ClN3O6/c1-7-20-39(27-14-16-29(17-15-27)46-9-3)33(43)30-31-34(44)41(28(23-42)22-24(4)5)32(37(31)19-18-36(30,6)47-37)35(45)40(21-8-2)26-12-10-25(38)11-13-26/h7-8,10-17,24,28,30-32,42H,1-2,9,18-23H2,3-6H3/t28-,30-,31+,32?,36+,37?/m1/s1. The smallest absolute Gasteiger partial charge is 0.253 e. The Kier molecular flexibility index (Phi) is 10.2. The predicted octanol–water partition coefficient (Wildman–Crippen LogP) is 5.65. The molecule has 3 fully saturated rings. The van der Waals surface area contributed by atoms with Gasteiger partial charge in [0.2, 0.25) is 11.8 Å². The Morgan fingerprint density at radius 3 is 2.15 bits per heavy atom. The third kappa shape index (κ3) is 6.09. The second-order valence-corrected chi connectivity index (χ2v) is 13.8. The van der Waals surface area contributed by atoms with Crippen molar-refractivity contribution in [1.82, 2.24) is 4.90 Å². The first-order valence-electron chi connectivity index (χ1n) is 16.4. The van der Waals surface area contributed by atoms with Crippen LogP contribution in [0.2, 0.25) is 5.02 Å². The van der Waals surface area contributed by atoms with Crippen LogP contribution < -0.4 is 14.5 Å². The molecule has 47 heavy (non-hydrogen) atoms. The van der Waals surface area contributed by atoms with Gasteiger partial charge in [-0.3, -0.25) is 14.4 Å². The molecule has 3 saturated heterocycles. The second kappa shape index (κ2) is 13.8. The van der Waals surface area contributed by atoms with E-state index in [2.05, 4.69) is 13.2 Å². The lowest BCUT2D eigenvalue weighted by Crippen LogP contribution is -2.59. The molecule has 6 atom stereocenters. The monoisotopic (exact) mass is 663 g/mol. The Morgan fingerprint density at radius 1 is 1.04 bits per heavy atom. The number of carbonyl (C=O) groups is 3. The summed E-state index contributed by atoms with van der Waals surface area (Å²) < 4.78 is 12.5. The molecule has 1 spiro atoms. The number of likely N-dealkylation sites (tertiary alicyclic amines) is 1. The molecule has 3 heterocycles. The Labute approximate surface area is 282 Å². The number of benzene rings is 2. The Morgan fingerprint density at radius 2 is 1.62 bits per heavy atom. The molecule has 2 aromatic rings. The summed E-state index contributed by atoms with van der Waals surface area (Å²) in [6.07, 6.45) is 4.67. The number of hydrogen-bond acceptors (Lipinski definition) is 6. The summed E-state index contributed by atoms with van der Waals surface area (Å²) in [5, 5.41) is 11.2. The maximum atomic E-state index is 14.9. The minimum absolute atomic E-state index is 0.129. The summed E-state index contributed by atoms with van der Waals surface area (Å²) in [5.41, 5.74) is -1.02. The molecule has 2 aromatic carbocycles. The van der Waals surface area contributed by atoms with Gasteiger partial charge in [-0.1, -0.05) is 37.6 Å². The molecule has 3 aliphatic rings.